The van der Waals surface area contributed by atoms with E-state index in [-0.39, 0.29) is 29.1 Å². The largest absolute Gasteiger partial charge is 0.497 e. The molecule has 2 aliphatic rings. The van der Waals surface area contributed by atoms with Gasteiger partial charge < -0.3 is 15.2 Å². The van der Waals surface area contributed by atoms with Crippen molar-refractivity contribution < 1.29 is 24.2 Å². The number of hydrogen-bond acceptors (Lipinski definition) is 5. The highest BCUT2D eigenvalue weighted by Crippen LogP contribution is 2.32. The predicted molar refractivity (Wildman–Crippen MR) is 145 cm³/mol. The Morgan fingerprint density at radius 2 is 1.92 bits per heavy atom. The standard InChI is InChI=1S/C29H34N4O5/c1-4-32(28(35)20-13-11-19(2)12-14-20)26-25(29(36)37)18-33(31-26)23-9-6-8-22(15-16-23)30-27(34)21-7-5-10-24(17-21)38-3/h5,7-10,15-20H,4,6,11-14H2,1-3H3,(H,30,34)(H,36,37). The minimum Gasteiger partial charge on any atom is -0.497 e. The molecule has 1 heterocycles. The number of nitrogens with one attached hydrogen (secondary N) is 1. The number of carboxylic acids is 1. The van der Waals surface area contributed by atoms with Crippen LogP contribution in [-0.2, 0) is 4.79 Å². The monoisotopic (exact) mass is 518 g/mol. The molecule has 38 heavy (non-hydrogen) atoms. The number of hydrogen-bond donors (Lipinski definition) is 2. The molecule has 4 rings (SSSR count). The maximum atomic E-state index is 13.4. The van der Waals surface area contributed by atoms with Gasteiger partial charge in [0.1, 0.15) is 11.3 Å². The van der Waals surface area contributed by atoms with Gasteiger partial charge in [-0.2, -0.15) is 0 Å². The first kappa shape index (κ1) is 26.9. The van der Waals surface area contributed by atoms with Crippen molar-refractivity contribution in [3.63, 3.8) is 0 Å². The van der Waals surface area contributed by atoms with Gasteiger partial charge in [0, 0.05) is 29.9 Å². The smallest absolute Gasteiger partial charge is 0.341 e. The summed E-state index contributed by atoms with van der Waals surface area (Å²) in [6.45, 7) is 4.36. The second-order valence-corrected chi connectivity index (χ2v) is 9.70. The molecular formula is C29H34N4O5. The zero-order chi connectivity index (χ0) is 27.2. The van der Waals surface area contributed by atoms with Crippen molar-refractivity contribution in [2.75, 3.05) is 18.6 Å². The lowest BCUT2D eigenvalue weighted by Gasteiger charge is -2.29. The van der Waals surface area contributed by atoms with Crippen molar-refractivity contribution in [2.24, 2.45) is 11.8 Å². The summed E-state index contributed by atoms with van der Waals surface area (Å²) in [5.74, 6) is -0.244. The van der Waals surface area contributed by atoms with Crippen LogP contribution in [0.15, 0.2) is 60.5 Å². The Hall–Kier alpha value is -4.14. The number of anilines is 1. The van der Waals surface area contributed by atoms with Gasteiger partial charge in [-0.1, -0.05) is 25.1 Å². The van der Waals surface area contributed by atoms with Crippen molar-refractivity contribution in [3.8, 4) is 5.75 Å². The summed E-state index contributed by atoms with van der Waals surface area (Å²) in [7, 11) is 1.54. The van der Waals surface area contributed by atoms with E-state index in [0.717, 1.165) is 25.7 Å². The van der Waals surface area contributed by atoms with Gasteiger partial charge in [0.25, 0.3) is 5.91 Å². The van der Waals surface area contributed by atoms with Gasteiger partial charge in [-0.05, 0) is 75.3 Å². The van der Waals surface area contributed by atoms with Crippen LogP contribution < -0.4 is 15.0 Å². The van der Waals surface area contributed by atoms with Gasteiger partial charge in [-0.15, -0.1) is 5.10 Å². The van der Waals surface area contributed by atoms with Crippen LogP contribution in [-0.4, -0.2) is 46.3 Å². The Balaban J connectivity index is 1.52. The maximum absolute atomic E-state index is 13.4. The van der Waals surface area contributed by atoms with Crippen molar-refractivity contribution in [1.29, 1.82) is 0 Å². The summed E-state index contributed by atoms with van der Waals surface area (Å²) >= 11 is 0. The van der Waals surface area contributed by atoms with Gasteiger partial charge in [0.05, 0.1) is 12.8 Å². The zero-order valence-corrected chi connectivity index (χ0v) is 22.0. The first-order valence-electron chi connectivity index (χ1n) is 13.0. The fourth-order valence-electron chi connectivity index (χ4n) is 4.83. The van der Waals surface area contributed by atoms with Gasteiger partial charge in [0.15, 0.2) is 5.82 Å². The number of amides is 2. The Morgan fingerprint density at radius 3 is 2.61 bits per heavy atom. The molecule has 1 fully saturated rings. The van der Waals surface area contributed by atoms with Crippen molar-refractivity contribution in [1.82, 2.24) is 15.1 Å². The first-order chi connectivity index (χ1) is 18.3. The fourth-order valence-corrected chi connectivity index (χ4v) is 4.83. The van der Waals surface area contributed by atoms with E-state index in [1.807, 2.05) is 19.1 Å². The van der Waals surface area contributed by atoms with E-state index in [1.54, 1.807) is 43.5 Å². The lowest BCUT2D eigenvalue weighted by Crippen LogP contribution is -2.38. The Bertz CT molecular complexity index is 1300. The minimum atomic E-state index is -1.14. The predicted octanol–water partition coefficient (Wildman–Crippen LogP) is 4.88. The molecule has 0 bridgehead atoms. The molecule has 0 saturated heterocycles. The third kappa shape index (κ3) is 6.04. The highest BCUT2D eigenvalue weighted by Gasteiger charge is 2.32. The number of nitrogens with zero attached hydrogens (tertiary/aromatic N) is 3. The Morgan fingerprint density at radius 1 is 1.16 bits per heavy atom. The third-order valence-corrected chi connectivity index (χ3v) is 7.08. The molecule has 200 valence electrons. The molecular weight excluding hydrogens is 484 g/mol. The van der Waals surface area contributed by atoms with Crippen molar-refractivity contribution >= 4 is 29.3 Å². The fraction of sp³-hybridized carbons (Fsp3) is 0.379. The average molecular weight is 519 g/mol. The van der Waals surface area contributed by atoms with Crippen LogP contribution in [0.25, 0.3) is 5.70 Å². The molecule has 2 N–H and O–H groups in total. The first-order valence-corrected chi connectivity index (χ1v) is 13.0. The van der Waals surface area contributed by atoms with E-state index >= 15 is 0 Å². The molecule has 0 aliphatic heterocycles. The Kier molecular flexibility index (Phi) is 8.45. The van der Waals surface area contributed by atoms with Crippen molar-refractivity contribution in [2.45, 2.75) is 46.0 Å². The number of aromatic nitrogens is 2. The number of methoxy groups -OCH3 is 1. The van der Waals surface area contributed by atoms with Crippen LogP contribution in [0.5, 0.6) is 5.75 Å². The highest BCUT2D eigenvalue weighted by atomic mass is 16.5. The normalized spacial score (nSPS) is 19.1. The van der Waals surface area contributed by atoms with Crippen LogP contribution >= 0.6 is 0 Å². The molecule has 0 radical (unpaired) electrons. The molecule has 1 aromatic heterocycles. The molecule has 2 aliphatic carbocycles. The van der Waals surface area contributed by atoms with E-state index in [0.29, 0.717) is 41.6 Å². The van der Waals surface area contributed by atoms with E-state index in [1.165, 1.54) is 15.8 Å². The van der Waals surface area contributed by atoms with Crippen LogP contribution in [0.1, 0.15) is 66.7 Å². The summed E-state index contributed by atoms with van der Waals surface area (Å²) in [5, 5.41) is 17.3. The number of rotatable bonds is 8. The lowest BCUT2D eigenvalue weighted by molar-refractivity contribution is -0.123. The lowest BCUT2D eigenvalue weighted by atomic mass is 9.82. The van der Waals surface area contributed by atoms with E-state index in [2.05, 4.69) is 17.3 Å². The molecule has 1 saturated carbocycles. The number of ether oxygens (including phenoxy) is 1. The number of carboxylic acid groups (broad SMARTS) is 1. The van der Waals surface area contributed by atoms with Crippen molar-refractivity contribution in [3.05, 3.63) is 71.6 Å². The van der Waals surface area contributed by atoms with E-state index < -0.39 is 5.97 Å². The number of allylic oxidation sites excluding steroid dienone is 5. The minimum absolute atomic E-state index is 0.0255. The second kappa shape index (κ2) is 11.9. The second-order valence-electron chi connectivity index (χ2n) is 9.70. The number of benzene rings is 1. The average Bonchev–Trinajstić information content (AvgIpc) is 3.23. The van der Waals surface area contributed by atoms with Gasteiger partial charge in [-0.25, -0.2) is 9.48 Å². The van der Waals surface area contributed by atoms with Crippen LogP contribution in [0, 0.1) is 11.8 Å². The molecule has 1 aromatic carbocycles. The van der Waals surface area contributed by atoms with Gasteiger partial charge in [0.2, 0.25) is 5.91 Å². The summed E-state index contributed by atoms with van der Waals surface area (Å²) in [4.78, 5) is 39.7. The number of carbonyl (C=O) groups excluding carboxylic acids is 2. The molecule has 0 unspecified atom stereocenters. The molecule has 0 spiro atoms. The molecule has 0 atom stereocenters. The zero-order valence-electron chi connectivity index (χ0n) is 22.0. The molecule has 9 nitrogen and oxygen atoms in total. The summed E-state index contributed by atoms with van der Waals surface area (Å²) in [6, 6.07) is 6.88. The molecule has 2 aromatic rings. The van der Waals surface area contributed by atoms with E-state index in [4.69, 9.17) is 4.74 Å². The number of carbonyl (C=O) groups is 3. The SMILES string of the molecule is CCN(C(=O)C1CCC(C)CC1)c1nn(C2=CCC=C(NC(=O)c3cccc(OC)c3)C=C2)cc1C(=O)O. The maximum Gasteiger partial charge on any atom is 0.341 e. The topological polar surface area (TPSA) is 114 Å². The molecule has 2 amide bonds. The van der Waals surface area contributed by atoms with Crippen LogP contribution in [0.4, 0.5) is 5.82 Å². The van der Waals surface area contributed by atoms with E-state index in [9.17, 15) is 19.5 Å². The Labute approximate surface area is 222 Å². The molecule has 9 heteroatoms. The number of aromatic carboxylic acids is 1. The summed E-state index contributed by atoms with van der Waals surface area (Å²) in [6.07, 6.45) is 12.8. The van der Waals surface area contributed by atoms with Crippen LogP contribution in [0.2, 0.25) is 0 Å². The summed E-state index contributed by atoms with van der Waals surface area (Å²) < 4.78 is 6.67. The van der Waals surface area contributed by atoms with Gasteiger partial charge >= 0.3 is 5.97 Å². The highest BCUT2D eigenvalue weighted by molar-refractivity contribution is 6.01. The summed E-state index contributed by atoms with van der Waals surface area (Å²) in [5.41, 5.74) is 1.68. The van der Waals surface area contributed by atoms with Gasteiger partial charge in [-0.3, -0.25) is 14.5 Å². The quantitative estimate of drug-likeness (QED) is 0.515. The third-order valence-electron chi connectivity index (χ3n) is 7.08. The van der Waals surface area contributed by atoms with Crippen LogP contribution in [0.3, 0.4) is 0 Å².